The highest BCUT2D eigenvalue weighted by atomic mass is 35.5. The van der Waals surface area contributed by atoms with Gasteiger partial charge in [0.2, 0.25) is 0 Å². The molecule has 0 aliphatic carbocycles. The van der Waals surface area contributed by atoms with Gasteiger partial charge in [-0.2, -0.15) is 5.10 Å². The lowest BCUT2D eigenvalue weighted by atomic mass is 10.2. The van der Waals surface area contributed by atoms with Gasteiger partial charge in [-0.1, -0.05) is 41.9 Å². The molecule has 212 valence electrons. The fourth-order valence-electron chi connectivity index (χ4n) is 3.77. The fourth-order valence-corrected chi connectivity index (χ4v) is 5.42. The van der Waals surface area contributed by atoms with Crippen LogP contribution in [0.4, 0.5) is 10.1 Å². The number of sulfonamides is 1. The van der Waals surface area contributed by atoms with E-state index in [2.05, 4.69) is 10.5 Å². The molecule has 4 rings (SSSR count). The fraction of sp³-hybridized carbons (Fsp3) is 0.133. The third kappa shape index (κ3) is 8.06. The number of nitrogens with zero attached hydrogens (tertiary/aromatic N) is 2. The number of rotatable bonds is 12. The number of halogens is 2. The zero-order valence-electron chi connectivity index (χ0n) is 22.0. The maximum atomic E-state index is 13.5. The molecule has 11 heteroatoms. The largest absolute Gasteiger partial charge is 0.490 e. The molecule has 0 spiro atoms. The topological polar surface area (TPSA) is 97.3 Å². The second kappa shape index (κ2) is 13.8. The van der Waals surface area contributed by atoms with Crippen LogP contribution in [-0.2, 0) is 21.4 Å². The summed E-state index contributed by atoms with van der Waals surface area (Å²) in [5, 5.41) is 4.59. The van der Waals surface area contributed by atoms with E-state index in [1.807, 2.05) is 25.1 Å². The first-order valence-corrected chi connectivity index (χ1v) is 14.4. The number of hydrogen-bond donors (Lipinski definition) is 1. The van der Waals surface area contributed by atoms with Gasteiger partial charge < -0.3 is 9.47 Å². The molecular weight excluding hydrogens is 569 g/mol. The Balaban J connectivity index is 1.46. The van der Waals surface area contributed by atoms with Crippen molar-refractivity contribution in [2.75, 3.05) is 17.5 Å². The molecule has 1 N–H and O–H groups in total. The maximum absolute atomic E-state index is 13.5. The van der Waals surface area contributed by atoms with Gasteiger partial charge in [-0.15, -0.1) is 0 Å². The summed E-state index contributed by atoms with van der Waals surface area (Å²) in [7, 11) is -4.12. The van der Waals surface area contributed by atoms with E-state index < -0.39 is 28.3 Å². The highest BCUT2D eigenvalue weighted by molar-refractivity contribution is 7.92. The Morgan fingerprint density at radius 3 is 2.41 bits per heavy atom. The quantitative estimate of drug-likeness (QED) is 0.165. The molecule has 0 aliphatic heterocycles. The zero-order chi connectivity index (χ0) is 29.2. The number of carbonyl (C=O) groups excluding carboxylic acids is 1. The van der Waals surface area contributed by atoms with Crippen LogP contribution in [0, 0.1) is 5.82 Å². The van der Waals surface area contributed by atoms with Gasteiger partial charge in [0.05, 0.1) is 23.4 Å². The normalized spacial score (nSPS) is 11.3. The molecule has 41 heavy (non-hydrogen) atoms. The first-order valence-electron chi connectivity index (χ1n) is 12.6. The van der Waals surface area contributed by atoms with Crippen LogP contribution in [0.5, 0.6) is 11.5 Å². The molecule has 4 aromatic rings. The molecule has 0 saturated carbocycles. The second-order valence-electron chi connectivity index (χ2n) is 8.65. The molecule has 0 aromatic heterocycles. The molecule has 0 radical (unpaired) electrons. The van der Waals surface area contributed by atoms with E-state index in [4.69, 9.17) is 21.1 Å². The molecule has 0 aliphatic rings. The lowest BCUT2D eigenvalue weighted by molar-refractivity contribution is -0.119. The molecule has 4 aromatic carbocycles. The predicted octanol–water partition coefficient (Wildman–Crippen LogP) is 5.80. The van der Waals surface area contributed by atoms with Gasteiger partial charge in [0.1, 0.15) is 19.0 Å². The summed E-state index contributed by atoms with van der Waals surface area (Å²) in [6.07, 6.45) is 1.40. The SMILES string of the molecule is CCOc1cc(/C=N\NC(=O)CN(c2ccc(F)cc2)S(=O)(=O)c2ccccc2)ccc1OCc1cccc(Cl)c1. The van der Waals surface area contributed by atoms with Crippen molar-refractivity contribution in [2.24, 2.45) is 5.10 Å². The Labute approximate surface area is 243 Å². The predicted molar refractivity (Wildman–Crippen MR) is 157 cm³/mol. The van der Waals surface area contributed by atoms with Crippen molar-refractivity contribution in [3.63, 3.8) is 0 Å². The van der Waals surface area contributed by atoms with Gasteiger partial charge in [-0.3, -0.25) is 9.10 Å². The van der Waals surface area contributed by atoms with Crippen molar-refractivity contribution in [3.8, 4) is 11.5 Å². The molecule has 0 heterocycles. The highest BCUT2D eigenvalue weighted by Crippen LogP contribution is 2.29. The number of benzene rings is 4. The van der Waals surface area contributed by atoms with Crippen LogP contribution in [0.15, 0.2) is 107 Å². The number of hydrazone groups is 1. The molecule has 0 unspecified atom stereocenters. The van der Waals surface area contributed by atoms with E-state index in [9.17, 15) is 17.6 Å². The minimum absolute atomic E-state index is 0.0123. The monoisotopic (exact) mass is 595 g/mol. The van der Waals surface area contributed by atoms with E-state index in [1.54, 1.807) is 42.5 Å². The van der Waals surface area contributed by atoms with Gasteiger partial charge in [-0.25, -0.2) is 18.2 Å². The Kier molecular flexibility index (Phi) is 9.94. The third-order valence-electron chi connectivity index (χ3n) is 5.69. The Morgan fingerprint density at radius 1 is 0.951 bits per heavy atom. The van der Waals surface area contributed by atoms with E-state index in [-0.39, 0.29) is 10.6 Å². The summed E-state index contributed by atoms with van der Waals surface area (Å²) >= 11 is 6.04. The summed E-state index contributed by atoms with van der Waals surface area (Å²) < 4.78 is 52.7. The van der Waals surface area contributed by atoms with Crippen LogP contribution >= 0.6 is 11.6 Å². The van der Waals surface area contributed by atoms with Crippen LogP contribution in [-0.4, -0.2) is 33.7 Å². The van der Waals surface area contributed by atoms with Crippen LogP contribution in [0.3, 0.4) is 0 Å². The van der Waals surface area contributed by atoms with E-state index in [0.717, 1.165) is 22.0 Å². The van der Waals surface area contributed by atoms with E-state index >= 15 is 0 Å². The van der Waals surface area contributed by atoms with Crippen molar-refractivity contribution in [2.45, 2.75) is 18.4 Å². The van der Waals surface area contributed by atoms with Gasteiger partial charge >= 0.3 is 0 Å². The van der Waals surface area contributed by atoms with Crippen LogP contribution in [0.2, 0.25) is 5.02 Å². The third-order valence-corrected chi connectivity index (χ3v) is 7.71. The van der Waals surface area contributed by atoms with Crippen molar-refractivity contribution < 1.29 is 27.1 Å². The second-order valence-corrected chi connectivity index (χ2v) is 11.0. The molecule has 0 atom stereocenters. The number of anilines is 1. The van der Waals surface area contributed by atoms with Crippen LogP contribution in [0.1, 0.15) is 18.1 Å². The van der Waals surface area contributed by atoms with Crippen LogP contribution in [0.25, 0.3) is 0 Å². The van der Waals surface area contributed by atoms with Gasteiger partial charge in [0.25, 0.3) is 15.9 Å². The summed E-state index contributed by atoms with van der Waals surface area (Å²) in [4.78, 5) is 12.8. The number of nitrogens with one attached hydrogen (secondary N) is 1. The molecule has 0 saturated heterocycles. The minimum Gasteiger partial charge on any atom is -0.490 e. The maximum Gasteiger partial charge on any atom is 0.264 e. The van der Waals surface area contributed by atoms with Crippen LogP contribution < -0.4 is 19.2 Å². The smallest absolute Gasteiger partial charge is 0.264 e. The Morgan fingerprint density at radius 2 is 1.71 bits per heavy atom. The standard InChI is InChI=1S/C30H27ClFN3O5S/c1-2-39-29-18-22(11-16-28(29)40-21-23-7-6-8-24(31)17-23)19-33-34-30(36)20-35(26-14-12-25(32)13-15-26)41(37,38)27-9-4-3-5-10-27/h3-19H,2,20-21H2,1H3,(H,34,36)/b33-19-. The lowest BCUT2D eigenvalue weighted by Gasteiger charge is -2.23. The van der Waals surface area contributed by atoms with E-state index in [0.29, 0.717) is 35.3 Å². The first-order chi connectivity index (χ1) is 19.8. The Hall–Kier alpha value is -4.41. The molecule has 0 bridgehead atoms. The lowest BCUT2D eigenvalue weighted by Crippen LogP contribution is -2.39. The highest BCUT2D eigenvalue weighted by Gasteiger charge is 2.27. The van der Waals surface area contributed by atoms with Gasteiger partial charge in [-0.05, 0) is 84.8 Å². The van der Waals surface area contributed by atoms with Gasteiger partial charge in [0, 0.05) is 5.02 Å². The van der Waals surface area contributed by atoms with Crippen molar-refractivity contribution in [1.29, 1.82) is 0 Å². The molecule has 1 amide bonds. The molecule has 0 fully saturated rings. The number of carbonyl (C=O) groups is 1. The van der Waals surface area contributed by atoms with E-state index in [1.165, 1.54) is 30.5 Å². The Bertz CT molecular complexity index is 1620. The number of hydrogen-bond acceptors (Lipinski definition) is 6. The van der Waals surface area contributed by atoms with Gasteiger partial charge in [0.15, 0.2) is 11.5 Å². The zero-order valence-corrected chi connectivity index (χ0v) is 23.6. The van der Waals surface area contributed by atoms with Crippen molar-refractivity contribution >= 4 is 39.4 Å². The average Bonchev–Trinajstić information content (AvgIpc) is 2.97. The molecular formula is C30H27ClFN3O5S. The minimum atomic E-state index is -4.12. The summed E-state index contributed by atoms with van der Waals surface area (Å²) in [5.41, 5.74) is 3.99. The summed E-state index contributed by atoms with van der Waals surface area (Å²) in [6.45, 7) is 1.96. The molecule has 8 nitrogen and oxygen atoms in total. The summed E-state index contributed by atoms with van der Waals surface area (Å²) in [5.74, 6) is -0.223. The average molecular weight is 596 g/mol. The summed E-state index contributed by atoms with van der Waals surface area (Å²) in [6, 6.07) is 25.0. The first kappa shape index (κ1) is 29.6. The van der Waals surface area contributed by atoms with Crippen molar-refractivity contribution in [1.82, 2.24) is 5.43 Å². The number of amides is 1. The van der Waals surface area contributed by atoms with Crippen molar-refractivity contribution in [3.05, 3.63) is 119 Å². The number of ether oxygens (including phenoxy) is 2.